The molecular formula is C21H28FN3O2S. The van der Waals surface area contributed by atoms with E-state index in [9.17, 15) is 12.8 Å². The van der Waals surface area contributed by atoms with E-state index >= 15 is 0 Å². The molecule has 1 saturated heterocycles. The number of anilines is 1. The summed E-state index contributed by atoms with van der Waals surface area (Å²) < 4.78 is 42.1. The van der Waals surface area contributed by atoms with Crippen molar-refractivity contribution in [2.45, 2.75) is 25.7 Å². The average Bonchev–Trinajstić information content (AvgIpc) is 2.61. The molecule has 1 fully saturated rings. The predicted molar refractivity (Wildman–Crippen MR) is 111 cm³/mol. The van der Waals surface area contributed by atoms with Gasteiger partial charge in [0, 0.05) is 39.3 Å². The molecule has 7 heteroatoms. The first-order valence-corrected chi connectivity index (χ1v) is 11.1. The van der Waals surface area contributed by atoms with Crippen LogP contribution in [0.15, 0.2) is 41.3 Å². The molecule has 0 unspecified atom stereocenters. The molecule has 5 nitrogen and oxygen atoms in total. The largest absolute Gasteiger partial charge is 0.367 e. The van der Waals surface area contributed by atoms with Crippen molar-refractivity contribution in [2.24, 2.45) is 0 Å². The standard InChI is InChI=1S/C21H28FN3O2S/c1-16-14-17(2)21(18(3)15-16)28(26,27)23-8-9-24-10-12-25(13-11-24)20-7-5-4-6-19(20)22/h4-7,14-15,23H,8-13H2,1-3H3. The van der Waals surface area contributed by atoms with E-state index in [0.29, 0.717) is 23.7 Å². The van der Waals surface area contributed by atoms with E-state index in [1.54, 1.807) is 12.1 Å². The van der Waals surface area contributed by atoms with E-state index in [-0.39, 0.29) is 5.82 Å². The minimum absolute atomic E-state index is 0.201. The molecule has 0 atom stereocenters. The van der Waals surface area contributed by atoms with Gasteiger partial charge >= 0.3 is 0 Å². The van der Waals surface area contributed by atoms with Crippen LogP contribution >= 0.6 is 0 Å². The number of hydrogen-bond donors (Lipinski definition) is 1. The smallest absolute Gasteiger partial charge is 0.241 e. The Kier molecular flexibility index (Phi) is 6.37. The summed E-state index contributed by atoms with van der Waals surface area (Å²) in [6.45, 7) is 9.62. The Labute approximate surface area is 167 Å². The molecule has 0 amide bonds. The molecule has 3 rings (SSSR count). The number of benzene rings is 2. The second kappa shape index (κ2) is 8.59. The van der Waals surface area contributed by atoms with Crippen LogP contribution in [0.25, 0.3) is 0 Å². The van der Waals surface area contributed by atoms with Crippen molar-refractivity contribution in [1.82, 2.24) is 9.62 Å². The first-order chi connectivity index (χ1) is 13.3. The topological polar surface area (TPSA) is 52.7 Å². The lowest BCUT2D eigenvalue weighted by Gasteiger charge is -2.36. The minimum Gasteiger partial charge on any atom is -0.367 e. The Morgan fingerprint density at radius 1 is 1.00 bits per heavy atom. The highest BCUT2D eigenvalue weighted by atomic mass is 32.2. The zero-order chi connectivity index (χ0) is 20.3. The number of halogens is 1. The first-order valence-electron chi connectivity index (χ1n) is 9.57. The van der Waals surface area contributed by atoms with Crippen LogP contribution < -0.4 is 9.62 Å². The maximum atomic E-state index is 13.9. The van der Waals surface area contributed by atoms with Crippen molar-refractivity contribution < 1.29 is 12.8 Å². The van der Waals surface area contributed by atoms with Crippen molar-refractivity contribution in [3.05, 3.63) is 58.9 Å². The van der Waals surface area contributed by atoms with Gasteiger partial charge in [-0.25, -0.2) is 17.5 Å². The van der Waals surface area contributed by atoms with Gasteiger partial charge < -0.3 is 4.90 Å². The third kappa shape index (κ3) is 4.71. The summed E-state index contributed by atoms with van der Waals surface area (Å²) in [6.07, 6.45) is 0. The number of hydrogen-bond acceptors (Lipinski definition) is 4. The van der Waals surface area contributed by atoms with Crippen LogP contribution in [-0.4, -0.2) is 52.6 Å². The summed E-state index contributed by atoms with van der Waals surface area (Å²) in [7, 11) is -3.54. The zero-order valence-electron chi connectivity index (χ0n) is 16.7. The van der Waals surface area contributed by atoms with Gasteiger partial charge in [-0.05, 0) is 44.0 Å². The zero-order valence-corrected chi connectivity index (χ0v) is 17.5. The number of nitrogens with zero attached hydrogens (tertiary/aromatic N) is 2. The fraction of sp³-hybridized carbons (Fsp3) is 0.429. The number of para-hydroxylation sites is 1. The van der Waals surface area contributed by atoms with Crippen LogP contribution in [0, 0.1) is 26.6 Å². The van der Waals surface area contributed by atoms with Gasteiger partial charge in [-0.2, -0.15) is 0 Å². The monoisotopic (exact) mass is 405 g/mol. The second-order valence-electron chi connectivity index (χ2n) is 7.41. The van der Waals surface area contributed by atoms with E-state index in [2.05, 4.69) is 9.62 Å². The van der Waals surface area contributed by atoms with Crippen LogP contribution in [0.3, 0.4) is 0 Å². The molecule has 0 bridgehead atoms. The first kappa shape index (κ1) is 20.8. The molecule has 0 saturated carbocycles. The summed E-state index contributed by atoms with van der Waals surface area (Å²) in [5, 5.41) is 0. The minimum atomic E-state index is -3.54. The summed E-state index contributed by atoms with van der Waals surface area (Å²) in [5.41, 5.74) is 3.22. The summed E-state index contributed by atoms with van der Waals surface area (Å²) in [5.74, 6) is -0.201. The van der Waals surface area contributed by atoms with Gasteiger partial charge in [0.25, 0.3) is 0 Å². The SMILES string of the molecule is Cc1cc(C)c(S(=O)(=O)NCCN2CCN(c3ccccc3F)CC2)c(C)c1. The molecular weight excluding hydrogens is 377 g/mol. The Morgan fingerprint density at radius 3 is 2.21 bits per heavy atom. The van der Waals surface area contributed by atoms with Gasteiger partial charge in [-0.1, -0.05) is 29.8 Å². The highest BCUT2D eigenvalue weighted by Crippen LogP contribution is 2.22. The highest BCUT2D eigenvalue weighted by Gasteiger charge is 2.22. The number of sulfonamides is 1. The van der Waals surface area contributed by atoms with E-state index in [4.69, 9.17) is 0 Å². The van der Waals surface area contributed by atoms with Gasteiger partial charge in [-0.3, -0.25) is 4.90 Å². The fourth-order valence-corrected chi connectivity index (χ4v) is 5.39. The molecule has 0 spiro atoms. The summed E-state index contributed by atoms with van der Waals surface area (Å²) in [6, 6.07) is 10.6. The highest BCUT2D eigenvalue weighted by molar-refractivity contribution is 7.89. The number of nitrogens with one attached hydrogen (secondary N) is 1. The molecule has 152 valence electrons. The number of rotatable bonds is 6. The van der Waals surface area contributed by atoms with Crippen LogP contribution in [0.4, 0.5) is 10.1 Å². The normalized spacial score (nSPS) is 15.8. The molecule has 2 aromatic rings. The lowest BCUT2D eigenvalue weighted by molar-refractivity contribution is 0.261. The molecule has 0 aromatic heterocycles. The maximum absolute atomic E-state index is 13.9. The fourth-order valence-electron chi connectivity index (χ4n) is 3.92. The van der Waals surface area contributed by atoms with Crippen LogP contribution in [-0.2, 0) is 10.0 Å². The maximum Gasteiger partial charge on any atom is 0.241 e. The molecule has 1 aliphatic heterocycles. The van der Waals surface area contributed by atoms with Gasteiger partial charge in [0.1, 0.15) is 5.82 Å². The Morgan fingerprint density at radius 2 is 1.61 bits per heavy atom. The summed E-state index contributed by atoms with van der Waals surface area (Å²) >= 11 is 0. The van der Waals surface area contributed by atoms with Gasteiger partial charge in [0.05, 0.1) is 10.6 Å². The Hall–Kier alpha value is -1.96. The quantitative estimate of drug-likeness (QED) is 0.803. The van der Waals surface area contributed by atoms with E-state index in [0.717, 1.165) is 42.9 Å². The van der Waals surface area contributed by atoms with Gasteiger partial charge in [0.2, 0.25) is 10.0 Å². The van der Waals surface area contributed by atoms with Crippen molar-refractivity contribution in [1.29, 1.82) is 0 Å². The number of aryl methyl sites for hydroxylation is 3. The van der Waals surface area contributed by atoms with Crippen LogP contribution in [0.2, 0.25) is 0 Å². The third-order valence-corrected chi connectivity index (χ3v) is 6.92. The lowest BCUT2D eigenvalue weighted by Crippen LogP contribution is -2.48. The second-order valence-corrected chi connectivity index (χ2v) is 9.11. The van der Waals surface area contributed by atoms with E-state index in [1.807, 2.05) is 43.9 Å². The molecule has 1 N–H and O–H groups in total. The van der Waals surface area contributed by atoms with Gasteiger partial charge in [-0.15, -0.1) is 0 Å². The van der Waals surface area contributed by atoms with E-state index < -0.39 is 10.0 Å². The summed E-state index contributed by atoms with van der Waals surface area (Å²) in [4.78, 5) is 4.62. The lowest BCUT2D eigenvalue weighted by atomic mass is 10.1. The molecule has 0 aliphatic carbocycles. The van der Waals surface area contributed by atoms with Crippen molar-refractivity contribution in [3.63, 3.8) is 0 Å². The Bertz CT molecular complexity index is 915. The van der Waals surface area contributed by atoms with Gasteiger partial charge in [0.15, 0.2) is 0 Å². The number of piperazine rings is 1. The van der Waals surface area contributed by atoms with Crippen molar-refractivity contribution in [3.8, 4) is 0 Å². The average molecular weight is 406 g/mol. The van der Waals surface area contributed by atoms with Crippen LogP contribution in [0.5, 0.6) is 0 Å². The van der Waals surface area contributed by atoms with Crippen molar-refractivity contribution >= 4 is 15.7 Å². The molecule has 2 aromatic carbocycles. The molecule has 1 heterocycles. The van der Waals surface area contributed by atoms with E-state index in [1.165, 1.54) is 6.07 Å². The van der Waals surface area contributed by atoms with Crippen LogP contribution in [0.1, 0.15) is 16.7 Å². The molecule has 1 aliphatic rings. The third-order valence-electron chi connectivity index (χ3n) is 5.16. The molecule has 0 radical (unpaired) electrons. The predicted octanol–water partition coefficient (Wildman–Crippen LogP) is 2.85. The van der Waals surface area contributed by atoms with Crippen molar-refractivity contribution in [2.75, 3.05) is 44.2 Å². The Balaban J connectivity index is 1.53. The molecule has 28 heavy (non-hydrogen) atoms.